The quantitative estimate of drug-likeness (QED) is 0.776. The van der Waals surface area contributed by atoms with Gasteiger partial charge in [0, 0.05) is 6.04 Å². The predicted octanol–water partition coefficient (Wildman–Crippen LogP) is 3.00. The lowest BCUT2D eigenvalue weighted by Crippen LogP contribution is -2.26. The molecule has 2 nitrogen and oxygen atoms in total. The molecule has 1 aliphatic rings. The van der Waals surface area contributed by atoms with Crippen LogP contribution in [0.5, 0.6) is 5.75 Å². The van der Waals surface area contributed by atoms with E-state index in [9.17, 15) is 9.50 Å². The highest BCUT2D eigenvalue weighted by Crippen LogP contribution is 2.31. The van der Waals surface area contributed by atoms with Crippen LogP contribution in [0.4, 0.5) is 4.39 Å². The molecule has 0 aromatic heterocycles. The number of nitrogens with one attached hydrogen (secondary N) is 1. The highest BCUT2D eigenvalue weighted by molar-refractivity contribution is 6.30. The first-order chi connectivity index (χ1) is 7.18. The van der Waals surface area contributed by atoms with Crippen molar-refractivity contribution < 1.29 is 9.50 Å². The van der Waals surface area contributed by atoms with Crippen LogP contribution in [-0.2, 0) is 0 Å². The van der Waals surface area contributed by atoms with Crippen molar-refractivity contribution >= 4 is 11.6 Å². The van der Waals surface area contributed by atoms with Crippen LogP contribution in [0.15, 0.2) is 12.1 Å². The van der Waals surface area contributed by atoms with Crippen molar-refractivity contribution in [2.45, 2.75) is 25.3 Å². The molecule has 2 rings (SSSR count). The van der Waals surface area contributed by atoms with Crippen molar-refractivity contribution in [1.82, 2.24) is 5.32 Å². The molecule has 1 unspecified atom stereocenters. The van der Waals surface area contributed by atoms with E-state index in [1.165, 1.54) is 6.07 Å². The first kappa shape index (κ1) is 10.7. The maximum absolute atomic E-state index is 13.1. The zero-order valence-electron chi connectivity index (χ0n) is 8.26. The lowest BCUT2D eigenvalue weighted by molar-refractivity contribution is 0.403. The summed E-state index contributed by atoms with van der Waals surface area (Å²) in [5.74, 6) is -1.11. The second-order valence-electron chi connectivity index (χ2n) is 3.84. The lowest BCUT2D eigenvalue weighted by Gasteiger charge is -2.24. The molecule has 1 saturated heterocycles. The van der Waals surface area contributed by atoms with Gasteiger partial charge in [-0.1, -0.05) is 18.0 Å². The van der Waals surface area contributed by atoms with E-state index < -0.39 is 5.82 Å². The molecular weight excluding hydrogens is 217 g/mol. The Balaban J connectivity index is 2.27. The monoisotopic (exact) mass is 229 g/mol. The smallest absolute Gasteiger partial charge is 0.183 e. The number of piperidine rings is 1. The second kappa shape index (κ2) is 4.37. The Kier molecular flexibility index (Phi) is 3.12. The lowest BCUT2D eigenvalue weighted by atomic mass is 9.97. The van der Waals surface area contributed by atoms with E-state index in [4.69, 9.17) is 11.6 Å². The van der Waals surface area contributed by atoms with Crippen LogP contribution in [0.2, 0.25) is 5.02 Å². The van der Waals surface area contributed by atoms with Crippen LogP contribution in [0.25, 0.3) is 0 Å². The maximum atomic E-state index is 13.1. The van der Waals surface area contributed by atoms with Crippen molar-refractivity contribution in [3.8, 4) is 5.75 Å². The molecule has 1 aliphatic heterocycles. The molecule has 82 valence electrons. The van der Waals surface area contributed by atoms with Crippen LogP contribution in [0, 0.1) is 5.82 Å². The van der Waals surface area contributed by atoms with E-state index in [0.717, 1.165) is 31.4 Å². The molecule has 0 spiro atoms. The Morgan fingerprint density at radius 1 is 1.40 bits per heavy atom. The van der Waals surface area contributed by atoms with Gasteiger partial charge in [-0.3, -0.25) is 0 Å². The Bertz CT molecular complexity index is 341. The van der Waals surface area contributed by atoms with E-state index >= 15 is 0 Å². The number of hydrogen-bond acceptors (Lipinski definition) is 2. The summed E-state index contributed by atoms with van der Waals surface area (Å²) < 4.78 is 13.1. The molecule has 0 saturated carbocycles. The molecule has 0 radical (unpaired) electrons. The van der Waals surface area contributed by atoms with Crippen LogP contribution < -0.4 is 5.32 Å². The van der Waals surface area contributed by atoms with Crippen LogP contribution in [0.1, 0.15) is 30.9 Å². The first-order valence-corrected chi connectivity index (χ1v) is 5.47. The highest BCUT2D eigenvalue weighted by atomic mass is 35.5. The fourth-order valence-electron chi connectivity index (χ4n) is 1.93. The zero-order chi connectivity index (χ0) is 10.8. The molecule has 2 N–H and O–H groups in total. The van der Waals surface area contributed by atoms with Gasteiger partial charge >= 0.3 is 0 Å². The topological polar surface area (TPSA) is 32.3 Å². The number of halogens is 2. The van der Waals surface area contributed by atoms with Gasteiger partial charge in [-0.25, -0.2) is 4.39 Å². The minimum atomic E-state index is -0.740. The van der Waals surface area contributed by atoms with Crippen LogP contribution in [-0.4, -0.2) is 11.7 Å². The van der Waals surface area contributed by atoms with Gasteiger partial charge in [0.2, 0.25) is 0 Å². The fourth-order valence-corrected chi connectivity index (χ4v) is 2.16. The summed E-state index contributed by atoms with van der Waals surface area (Å²) in [5, 5.41) is 12.6. The summed E-state index contributed by atoms with van der Waals surface area (Å²) in [4.78, 5) is 0. The number of phenolic OH excluding ortho intramolecular Hbond substituents is 1. The maximum Gasteiger partial charge on any atom is 0.183 e. The van der Waals surface area contributed by atoms with E-state index in [-0.39, 0.29) is 16.8 Å². The third kappa shape index (κ3) is 2.24. The number of benzene rings is 1. The van der Waals surface area contributed by atoms with Crippen LogP contribution >= 0.6 is 11.6 Å². The average Bonchev–Trinajstić information content (AvgIpc) is 2.26. The summed E-state index contributed by atoms with van der Waals surface area (Å²) in [6, 6.07) is 3.21. The Morgan fingerprint density at radius 2 is 2.20 bits per heavy atom. The van der Waals surface area contributed by atoms with E-state index in [0.29, 0.717) is 0 Å². The van der Waals surface area contributed by atoms with Crippen molar-refractivity contribution in [1.29, 1.82) is 0 Å². The van der Waals surface area contributed by atoms with Crippen molar-refractivity contribution in [3.63, 3.8) is 0 Å². The van der Waals surface area contributed by atoms with E-state index in [2.05, 4.69) is 5.32 Å². The van der Waals surface area contributed by atoms with Crippen molar-refractivity contribution in [3.05, 3.63) is 28.5 Å². The molecule has 1 fully saturated rings. The summed E-state index contributed by atoms with van der Waals surface area (Å²) >= 11 is 5.68. The summed E-state index contributed by atoms with van der Waals surface area (Å²) in [6.07, 6.45) is 3.31. The van der Waals surface area contributed by atoms with Gasteiger partial charge in [0.05, 0.1) is 5.02 Å². The van der Waals surface area contributed by atoms with Crippen LogP contribution in [0.3, 0.4) is 0 Å². The fraction of sp³-hybridized carbons (Fsp3) is 0.455. The second-order valence-corrected chi connectivity index (χ2v) is 4.25. The molecular formula is C11H13ClFNO. The largest absolute Gasteiger partial charge is 0.505 e. The predicted molar refractivity (Wildman–Crippen MR) is 57.7 cm³/mol. The zero-order valence-corrected chi connectivity index (χ0v) is 9.02. The Hall–Kier alpha value is -0.800. The minimum Gasteiger partial charge on any atom is -0.505 e. The SMILES string of the molecule is Oc1cc(C2CCCCN2)cc(Cl)c1F. The highest BCUT2D eigenvalue weighted by Gasteiger charge is 2.17. The molecule has 4 heteroatoms. The number of hydrogen-bond donors (Lipinski definition) is 2. The number of phenols is 1. The third-order valence-corrected chi connectivity index (χ3v) is 3.02. The molecule has 1 aromatic rings. The Labute approximate surface area is 93.1 Å². The summed E-state index contributed by atoms with van der Waals surface area (Å²) in [6.45, 7) is 0.959. The van der Waals surface area contributed by atoms with Crippen molar-refractivity contribution in [2.24, 2.45) is 0 Å². The van der Waals surface area contributed by atoms with Gasteiger partial charge in [0.1, 0.15) is 0 Å². The number of aromatic hydroxyl groups is 1. The minimum absolute atomic E-state index is 0.0163. The molecule has 1 atom stereocenters. The van der Waals surface area contributed by atoms with Gasteiger partial charge in [0.15, 0.2) is 11.6 Å². The van der Waals surface area contributed by atoms with Gasteiger partial charge in [-0.15, -0.1) is 0 Å². The molecule has 15 heavy (non-hydrogen) atoms. The van der Waals surface area contributed by atoms with Gasteiger partial charge in [0.25, 0.3) is 0 Å². The Morgan fingerprint density at radius 3 is 2.80 bits per heavy atom. The first-order valence-electron chi connectivity index (χ1n) is 5.10. The molecule has 1 heterocycles. The van der Waals surface area contributed by atoms with Crippen molar-refractivity contribution in [2.75, 3.05) is 6.54 Å². The standard InChI is InChI=1S/C11H13ClFNO/c12-8-5-7(6-10(15)11(8)13)9-3-1-2-4-14-9/h5-6,9,14-15H,1-4H2. The molecule has 0 amide bonds. The number of rotatable bonds is 1. The van der Waals surface area contributed by atoms with E-state index in [1.807, 2.05) is 0 Å². The van der Waals surface area contributed by atoms with Gasteiger partial charge < -0.3 is 10.4 Å². The summed E-state index contributed by atoms with van der Waals surface area (Å²) in [5.41, 5.74) is 0.860. The summed E-state index contributed by atoms with van der Waals surface area (Å²) in [7, 11) is 0. The van der Waals surface area contributed by atoms with Gasteiger partial charge in [-0.05, 0) is 37.1 Å². The normalized spacial score (nSPS) is 21.6. The molecule has 0 aliphatic carbocycles. The molecule has 0 bridgehead atoms. The third-order valence-electron chi connectivity index (χ3n) is 2.74. The molecule has 1 aromatic carbocycles. The van der Waals surface area contributed by atoms with E-state index in [1.54, 1.807) is 6.07 Å². The van der Waals surface area contributed by atoms with Gasteiger partial charge in [-0.2, -0.15) is 0 Å². The average molecular weight is 230 g/mol.